The molecular weight excluding hydrogens is 262 g/mol. The molecule has 0 saturated carbocycles. The molecule has 0 saturated heterocycles. The Labute approximate surface area is 114 Å². The highest BCUT2D eigenvalue weighted by Gasteiger charge is 2.17. The van der Waals surface area contributed by atoms with Crippen LogP contribution < -0.4 is 4.74 Å². The average molecular weight is 273 g/mol. The van der Waals surface area contributed by atoms with Crippen LogP contribution in [0.1, 0.15) is 15.9 Å². The number of hydrogen-bond acceptors (Lipinski definition) is 4. The average Bonchev–Trinajstić information content (AvgIpc) is 2.38. The number of nitro groups is 1. The van der Waals surface area contributed by atoms with Gasteiger partial charge in [0, 0.05) is 12.1 Å². The molecule has 0 atom stereocenters. The van der Waals surface area contributed by atoms with Gasteiger partial charge >= 0.3 is 5.97 Å². The third-order valence-electron chi connectivity index (χ3n) is 2.62. The van der Waals surface area contributed by atoms with Crippen LogP contribution in [0.5, 0.6) is 11.5 Å². The van der Waals surface area contributed by atoms with Crippen molar-refractivity contribution in [1.82, 2.24) is 0 Å². The summed E-state index contributed by atoms with van der Waals surface area (Å²) in [7, 11) is 0. The zero-order valence-corrected chi connectivity index (χ0v) is 10.6. The smallest absolute Gasteiger partial charge is 0.339 e. The largest absolute Gasteiger partial charge is 0.478 e. The Morgan fingerprint density at radius 2 is 2.00 bits per heavy atom. The minimum Gasteiger partial charge on any atom is -0.478 e. The molecule has 1 N–H and O–H groups in total. The van der Waals surface area contributed by atoms with Crippen LogP contribution in [-0.4, -0.2) is 16.0 Å². The third kappa shape index (κ3) is 2.92. The molecular formula is C14H11NO5. The van der Waals surface area contributed by atoms with Crippen LogP contribution in [-0.2, 0) is 0 Å². The second-order valence-electron chi connectivity index (χ2n) is 4.16. The second kappa shape index (κ2) is 5.40. The van der Waals surface area contributed by atoms with E-state index >= 15 is 0 Å². The van der Waals surface area contributed by atoms with Crippen LogP contribution >= 0.6 is 0 Å². The Morgan fingerprint density at radius 3 is 2.60 bits per heavy atom. The predicted molar refractivity (Wildman–Crippen MR) is 71.3 cm³/mol. The third-order valence-corrected chi connectivity index (χ3v) is 2.62. The summed E-state index contributed by atoms with van der Waals surface area (Å²) < 4.78 is 5.48. The maximum absolute atomic E-state index is 11.2. The topological polar surface area (TPSA) is 89.7 Å². The molecule has 0 aliphatic carbocycles. The monoisotopic (exact) mass is 273 g/mol. The van der Waals surface area contributed by atoms with Gasteiger partial charge in [0.15, 0.2) is 0 Å². The lowest BCUT2D eigenvalue weighted by Crippen LogP contribution is -2.01. The molecule has 2 aromatic carbocycles. The maximum Gasteiger partial charge on any atom is 0.339 e. The lowest BCUT2D eigenvalue weighted by atomic mass is 10.1. The van der Waals surface area contributed by atoms with Crippen molar-refractivity contribution >= 4 is 11.7 Å². The molecule has 6 nitrogen and oxygen atoms in total. The lowest BCUT2D eigenvalue weighted by molar-refractivity contribution is -0.384. The number of rotatable bonds is 4. The number of ether oxygens (including phenoxy) is 1. The molecule has 0 aliphatic heterocycles. The minimum absolute atomic E-state index is 0.0636. The zero-order valence-electron chi connectivity index (χ0n) is 10.6. The molecule has 0 aliphatic rings. The first-order chi connectivity index (χ1) is 9.47. The molecule has 0 bridgehead atoms. The van der Waals surface area contributed by atoms with Gasteiger partial charge in [-0.05, 0) is 30.7 Å². The number of carboxylic acids is 1. The second-order valence-corrected chi connectivity index (χ2v) is 4.16. The van der Waals surface area contributed by atoms with Crippen molar-refractivity contribution in [3.63, 3.8) is 0 Å². The Hall–Kier alpha value is -2.89. The number of nitrogens with zero attached hydrogens (tertiary/aromatic N) is 1. The van der Waals surface area contributed by atoms with Gasteiger partial charge in [-0.25, -0.2) is 4.79 Å². The van der Waals surface area contributed by atoms with Crippen molar-refractivity contribution in [2.75, 3.05) is 0 Å². The Morgan fingerprint density at radius 1 is 1.25 bits per heavy atom. The Kier molecular flexibility index (Phi) is 3.65. The van der Waals surface area contributed by atoms with E-state index < -0.39 is 10.9 Å². The number of carboxylic acid groups (broad SMARTS) is 1. The van der Waals surface area contributed by atoms with Crippen molar-refractivity contribution in [2.24, 2.45) is 0 Å². The normalized spacial score (nSPS) is 10.1. The number of aromatic carboxylic acids is 1. The molecule has 0 amide bonds. The van der Waals surface area contributed by atoms with Crippen molar-refractivity contribution in [3.05, 3.63) is 63.7 Å². The number of aryl methyl sites for hydroxylation is 1. The number of non-ortho nitro benzene ring substituents is 1. The fourth-order valence-electron chi connectivity index (χ4n) is 1.69. The van der Waals surface area contributed by atoms with E-state index in [9.17, 15) is 14.9 Å². The van der Waals surface area contributed by atoms with Gasteiger partial charge in [-0.15, -0.1) is 0 Å². The Bertz CT molecular complexity index is 681. The summed E-state index contributed by atoms with van der Waals surface area (Å²) in [4.78, 5) is 21.2. The van der Waals surface area contributed by atoms with E-state index in [0.29, 0.717) is 5.75 Å². The van der Waals surface area contributed by atoms with Gasteiger partial charge in [-0.1, -0.05) is 12.1 Å². The number of benzene rings is 2. The highest BCUT2D eigenvalue weighted by atomic mass is 16.6. The molecule has 0 spiro atoms. The van der Waals surface area contributed by atoms with Gasteiger partial charge in [0.25, 0.3) is 5.69 Å². The first-order valence-electron chi connectivity index (χ1n) is 5.73. The standard InChI is InChI=1S/C14H11NO5/c1-9-3-2-4-11(7-9)20-13-6-5-10(15(18)19)8-12(13)14(16)17/h2-8H,1H3,(H,16,17). The first kappa shape index (κ1) is 13.5. The SMILES string of the molecule is Cc1cccc(Oc2ccc([N+](=O)[O-])cc2C(=O)O)c1. The zero-order chi connectivity index (χ0) is 14.7. The molecule has 20 heavy (non-hydrogen) atoms. The molecule has 102 valence electrons. The van der Waals surface area contributed by atoms with Crippen LogP contribution in [0.4, 0.5) is 5.69 Å². The van der Waals surface area contributed by atoms with Crippen molar-refractivity contribution in [2.45, 2.75) is 6.92 Å². The first-order valence-corrected chi connectivity index (χ1v) is 5.73. The summed E-state index contributed by atoms with van der Waals surface area (Å²) in [6.45, 7) is 1.88. The van der Waals surface area contributed by atoms with E-state index in [0.717, 1.165) is 11.6 Å². The molecule has 0 fully saturated rings. The van der Waals surface area contributed by atoms with Gasteiger partial charge in [-0.3, -0.25) is 10.1 Å². The van der Waals surface area contributed by atoms with E-state index in [-0.39, 0.29) is 17.0 Å². The van der Waals surface area contributed by atoms with Crippen molar-refractivity contribution in [3.8, 4) is 11.5 Å². The van der Waals surface area contributed by atoms with E-state index in [1.165, 1.54) is 12.1 Å². The maximum atomic E-state index is 11.2. The van der Waals surface area contributed by atoms with Gasteiger partial charge in [0.05, 0.1) is 4.92 Å². The highest BCUT2D eigenvalue weighted by molar-refractivity contribution is 5.91. The summed E-state index contributed by atoms with van der Waals surface area (Å²) in [5.41, 5.74) is 0.418. The molecule has 0 unspecified atom stereocenters. The molecule has 0 radical (unpaired) electrons. The van der Waals surface area contributed by atoms with Crippen LogP contribution in [0, 0.1) is 17.0 Å². The van der Waals surface area contributed by atoms with Crippen LogP contribution in [0.2, 0.25) is 0 Å². The van der Waals surface area contributed by atoms with Crippen LogP contribution in [0.25, 0.3) is 0 Å². The molecule has 2 aromatic rings. The van der Waals surface area contributed by atoms with E-state index in [2.05, 4.69) is 0 Å². The van der Waals surface area contributed by atoms with E-state index in [1.54, 1.807) is 18.2 Å². The fourth-order valence-corrected chi connectivity index (χ4v) is 1.69. The molecule has 2 rings (SSSR count). The molecule has 6 heteroatoms. The molecule has 0 aromatic heterocycles. The quantitative estimate of drug-likeness (QED) is 0.681. The van der Waals surface area contributed by atoms with Crippen molar-refractivity contribution in [1.29, 1.82) is 0 Å². The van der Waals surface area contributed by atoms with Crippen LogP contribution in [0.15, 0.2) is 42.5 Å². The van der Waals surface area contributed by atoms with E-state index in [1.807, 2.05) is 13.0 Å². The fraction of sp³-hybridized carbons (Fsp3) is 0.0714. The summed E-state index contributed by atoms with van der Waals surface area (Å²) in [5.74, 6) is -0.744. The lowest BCUT2D eigenvalue weighted by Gasteiger charge is -2.09. The molecule has 0 heterocycles. The summed E-state index contributed by atoms with van der Waals surface area (Å²) in [6, 6.07) is 10.5. The van der Waals surface area contributed by atoms with Gasteiger partial charge in [-0.2, -0.15) is 0 Å². The summed E-state index contributed by atoms with van der Waals surface area (Å²) in [5, 5.41) is 19.8. The minimum atomic E-state index is -1.28. The number of hydrogen-bond donors (Lipinski definition) is 1. The summed E-state index contributed by atoms with van der Waals surface area (Å²) >= 11 is 0. The van der Waals surface area contributed by atoms with Gasteiger partial charge < -0.3 is 9.84 Å². The van der Waals surface area contributed by atoms with Gasteiger partial charge in [0.1, 0.15) is 17.1 Å². The van der Waals surface area contributed by atoms with Crippen molar-refractivity contribution < 1.29 is 19.6 Å². The predicted octanol–water partition coefficient (Wildman–Crippen LogP) is 3.39. The number of carbonyl (C=O) groups is 1. The van der Waals surface area contributed by atoms with Gasteiger partial charge in [0.2, 0.25) is 0 Å². The van der Waals surface area contributed by atoms with E-state index in [4.69, 9.17) is 9.84 Å². The highest BCUT2D eigenvalue weighted by Crippen LogP contribution is 2.29. The van der Waals surface area contributed by atoms with Crippen LogP contribution in [0.3, 0.4) is 0 Å². The number of nitro benzene ring substituents is 1. The summed E-state index contributed by atoms with van der Waals surface area (Å²) in [6.07, 6.45) is 0. The Balaban J connectivity index is 2.41.